The summed E-state index contributed by atoms with van der Waals surface area (Å²) in [5.74, 6) is -0.181. The average molecular weight is 282 g/mol. The molecule has 0 saturated heterocycles. The second-order valence-electron chi connectivity index (χ2n) is 4.98. The van der Waals surface area contributed by atoms with Crippen LogP contribution in [0.25, 0.3) is 0 Å². The van der Waals surface area contributed by atoms with Gasteiger partial charge in [0.25, 0.3) is 5.91 Å². The summed E-state index contributed by atoms with van der Waals surface area (Å²) in [7, 11) is 0. The van der Waals surface area contributed by atoms with Gasteiger partial charge in [0.15, 0.2) is 0 Å². The van der Waals surface area contributed by atoms with Crippen molar-refractivity contribution in [2.75, 3.05) is 0 Å². The first-order valence-electron chi connectivity index (χ1n) is 6.68. The Kier molecular flexibility index (Phi) is 4.38. The summed E-state index contributed by atoms with van der Waals surface area (Å²) in [5, 5.41) is 13.3. The zero-order valence-corrected chi connectivity index (χ0v) is 12.3. The lowest BCUT2D eigenvalue weighted by atomic mass is 10.0. The van der Waals surface area contributed by atoms with Gasteiger partial charge in [-0.25, -0.2) is 5.43 Å². The summed E-state index contributed by atoms with van der Waals surface area (Å²) in [6.45, 7) is 5.94. The van der Waals surface area contributed by atoms with Gasteiger partial charge in [0, 0.05) is 5.56 Å². The third kappa shape index (κ3) is 3.69. The van der Waals surface area contributed by atoms with Gasteiger partial charge < -0.3 is 5.11 Å². The Morgan fingerprint density at radius 1 is 1.00 bits per heavy atom. The number of carbonyl (C=O) groups excluding carboxylic acids is 1. The molecule has 0 aliphatic rings. The highest BCUT2D eigenvalue weighted by Crippen LogP contribution is 2.11. The highest BCUT2D eigenvalue weighted by molar-refractivity contribution is 6.01. The van der Waals surface area contributed by atoms with Crippen LogP contribution < -0.4 is 5.43 Å². The Morgan fingerprint density at radius 3 is 2.24 bits per heavy atom. The number of phenols is 1. The summed E-state index contributed by atoms with van der Waals surface area (Å²) >= 11 is 0. The molecule has 0 aliphatic carbocycles. The number of carbonyl (C=O) groups is 1. The topological polar surface area (TPSA) is 61.7 Å². The maximum absolute atomic E-state index is 11.9. The van der Waals surface area contributed by atoms with Crippen LogP contribution >= 0.6 is 0 Å². The predicted octanol–water partition coefficient (Wildman–Crippen LogP) is 3.16. The Balaban J connectivity index is 2.10. The molecule has 2 aromatic rings. The quantitative estimate of drug-likeness (QED) is 0.671. The number of nitrogens with zero attached hydrogens (tertiary/aromatic N) is 1. The van der Waals surface area contributed by atoms with Crippen molar-refractivity contribution in [1.82, 2.24) is 5.43 Å². The molecule has 0 unspecified atom stereocenters. The Bertz CT molecular complexity index is 688. The molecule has 108 valence electrons. The standard InChI is InChI=1S/C17H18N2O2/c1-11-4-5-15(10-12(11)2)13(3)18-19-17(21)14-6-8-16(20)9-7-14/h4-10,20H,1-3H3,(H,19,21)/b18-13-. The van der Waals surface area contributed by atoms with E-state index >= 15 is 0 Å². The van der Waals surface area contributed by atoms with E-state index in [4.69, 9.17) is 0 Å². The first-order chi connectivity index (χ1) is 9.97. The number of benzene rings is 2. The summed E-state index contributed by atoms with van der Waals surface area (Å²) in [4.78, 5) is 11.9. The van der Waals surface area contributed by atoms with E-state index in [2.05, 4.69) is 17.5 Å². The van der Waals surface area contributed by atoms with Crippen LogP contribution in [0.4, 0.5) is 0 Å². The van der Waals surface area contributed by atoms with Gasteiger partial charge in [0.1, 0.15) is 5.75 Å². The van der Waals surface area contributed by atoms with Gasteiger partial charge in [0.05, 0.1) is 5.71 Å². The molecule has 2 N–H and O–H groups in total. The average Bonchev–Trinajstić information content (AvgIpc) is 2.48. The van der Waals surface area contributed by atoms with Crippen molar-refractivity contribution in [3.05, 3.63) is 64.7 Å². The third-order valence-corrected chi connectivity index (χ3v) is 3.38. The molecule has 0 spiro atoms. The number of hydrogen-bond acceptors (Lipinski definition) is 3. The molecule has 21 heavy (non-hydrogen) atoms. The van der Waals surface area contributed by atoms with Crippen molar-refractivity contribution in [3.63, 3.8) is 0 Å². The maximum atomic E-state index is 11.9. The largest absolute Gasteiger partial charge is 0.508 e. The molecule has 0 atom stereocenters. The van der Waals surface area contributed by atoms with Crippen LogP contribution in [0.5, 0.6) is 5.75 Å². The van der Waals surface area contributed by atoms with E-state index in [0.29, 0.717) is 5.56 Å². The highest BCUT2D eigenvalue weighted by Gasteiger charge is 2.05. The molecule has 0 heterocycles. The monoisotopic (exact) mass is 282 g/mol. The lowest BCUT2D eigenvalue weighted by molar-refractivity contribution is 0.0955. The fourth-order valence-electron chi connectivity index (χ4n) is 1.84. The molecule has 0 aliphatic heterocycles. The van der Waals surface area contributed by atoms with E-state index in [1.54, 1.807) is 12.1 Å². The minimum atomic E-state index is -0.307. The number of aromatic hydroxyl groups is 1. The van der Waals surface area contributed by atoms with Gasteiger partial charge in [-0.05, 0) is 67.8 Å². The first-order valence-corrected chi connectivity index (χ1v) is 6.68. The second-order valence-corrected chi connectivity index (χ2v) is 4.98. The van der Waals surface area contributed by atoms with Gasteiger partial charge in [-0.1, -0.05) is 12.1 Å². The molecule has 0 saturated carbocycles. The number of nitrogens with one attached hydrogen (secondary N) is 1. The van der Waals surface area contributed by atoms with Crippen LogP contribution in [-0.4, -0.2) is 16.7 Å². The Labute approximate surface area is 124 Å². The van der Waals surface area contributed by atoms with Crippen LogP contribution in [0.2, 0.25) is 0 Å². The van der Waals surface area contributed by atoms with Crippen LogP contribution in [0.1, 0.15) is 34.0 Å². The first kappa shape index (κ1) is 14.8. The number of amides is 1. The minimum absolute atomic E-state index is 0.126. The second kappa shape index (κ2) is 6.22. The summed E-state index contributed by atoms with van der Waals surface area (Å²) in [6.07, 6.45) is 0. The highest BCUT2D eigenvalue weighted by atomic mass is 16.3. The Hall–Kier alpha value is -2.62. The molecule has 4 nitrogen and oxygen atoms in total. The molecule has 2 rings (SSSR count). The number of rotatable bonds is 3. The molecule has 0 radical (unpaired) electrons. The van der Waals surface area contributed by atoms with Gasteiger partial charge in [-0.15, -0.1) is 0 Å². The van der Waals surface area contributed by atoms with Gasteiger partial charge in [0.2, 0.25) is 0 Å². The van der Waals surface area contributed by atoms with Crippen LogP contribution in [-0.2, 0) is 0 Å². The fourth-order valence-corrected chi connectivity index (χ4v) is 1.84. The van der Waals surface area contributed by atoms with Crippen molar-refractivity contribution in [1.29, 1.82) is 0 Å². The SMILES string of the molecule is C/C(=N/NC(=O)c1ccc(O)cc1)c1ccc(C)c(C)c1. The zero-order valence-electron chi connectivity index (χ0n) is 12.3. The lowest BCUT2D eigenvalue weighted by Crippen LogP contribution is -2.19. The minimum Gasteiger partial charge on any atom is -0.508 e. The van der Waals surface area contributed by atoms with Gasteiger partial charge >= 0.3 is 0 Å². The zero-order chi connectivity index (χ0) is 15.4. The molecule has 1 amide bonds. The molecule has 4 heteroatoms. The van der Waals surface area contributed by atoms with E-state index in [1.165, 1.54) is 23.3 Å². The number of hydrazone groups is 1. The van der Waals surface area contributed by atoms with Gasteiger partial charge in [-0.2, -0.15) is 5.10 Å². The van der Waals surface area contributed by atoms with E-state index in [-0.39, 0.29) is 11.7 Å². The molecule has 2 aromatic carbocycles. The number of aryl methyl sites for hydroxylation is 2. The molecule has 0 aromatic heterocycles. The summed E-state index contributed by atoms with van der Waals surface area (Å²) < 4.78 is 0. The van der Waals surface area contributed by atoms with Crippen molar-refractivity contribution in [2.24, 2.45) is 5.10 Å². The van der Waals surface area contributed by atoms with E-state index in [9.17, 15) is 9.90 Å². The summed E-state index contributed by atoms with van der Waals surface area (Å²) in [6, 6.07) is 12.1. The smallest absolute Gasteiger partial charge is 0.271 e. The van der Waals surface area contributed by atoms with Crippen LogP contribution in [0.3, 0.4) is 0 Å². The Morgan fingerprint density at radius 2 is 1.62 bits per heavy atom. The van der Waals surface area contributed by atoms with E-state index < -0.39 is 0 Å². The predicted molar refractivity (Wildman–Crippen MR) is 83.7 cm³/mol. The summed E-state index contributed by atoms with van der Waals surface area (Å²) in [5.41, 5.74) is 7.09. The molecular formula is C17H18N2O2. The van der Waals surface area contributed by atoms with Gasteiger partial charge in [-0.3, -0.25) is 4.79 Å². The number of phenolic OH excluding ortho intramolecular Hbond substituents is 1. The number of hydrogen-bond donors (Lipinski definition) is 2. The molecule has 0 bridgehead atoms. The van der Waals surface area contributed by atoms with Crippen LogP contribution in [0, 0.1) is 13.8 Å². The molecule has 0 fully saturated rings. The maximum Gasteiger partial charge on any atom is 0.271 e. The van der Waals surface area contributed by atoms with Crippen LogP contribution in [0.15, 0.2) is 47.6 Å². The van der Waals surface area contributed by atoms with Crippen molar-refractivity contribution in [3.8, 4) is 5.75 Å². The fraction of sp³-hybridized carbons (Fsp3) is 0.176. The van der Waals surface area contributed by atoms with Crippen molar-refractivity contribution in [2.45, 2.75) is 20.8 Å². The molecular weight excluding hydrogens is 264 g/mol. The van der Waals surface area contributed by atoms with Crippen molar-refractivity contribution >= 4 is 11.6 Å². The van der Waals surface area contributed by atoms with E-state index in [1.807, 2.05) is 32.0 Å². The van der Waals surface area contributed by atoms with E-state index in [0.717, 1.165) is 11.3 Å². The normalized spacial score (nSPS) is 11.3. The third-order valence-electron chi connectivity index (χ3n) is 3.38. The lowest BCUT2D eigenvalue weighted by Gasteiger charge is -2.06. The van der Waals surface area contributed by atoms with Crippen molar-refractivity contribution < 1.29 is 9.90 Å².